The molecule has 0 aromatic rings. The summed E-state index contributed by atoms with van der Waals surface area (Å²) in [5.74, 6) is -1.20. The minimum Gasteiger partial charge on any atom is -0.466 e. The van der Waals surface area contributed by atoms with E-state index in [0.29, 0.717) is 13.2 Å². The first-order valence-corrected chi connectivity index (χ1v) is 23.7. The number of ether oxygens (including phenoxy) is 3. The molecule has 0 aromatic heterocycles. The van der Waals surface area contributed by atoms with Crippen LogP contribution in [0.2, 0.25) is 0 Å². The summed E-state index contributed by atoms with van der Waals surface area (Å²) in [6.07, 6.45) is 39.5. The van der Waals surface area contributed by atoms with Crippen LogP contribution in [0.4, 0.5) is 4.79 Å². The second-order valence-corrected chi connectivity index (χ2v) is 16.6. The maximum atomic E-state index is 13.0. The molecular formula is C47H92N2O6. The molecule has 0 aromatic carbocycles. The van der Waals surface area contributed by atoms with Crippen LogP contribution in [0, 0.1) is 0 Å². The number of amides is 1. The van der Waals surface area contributed by atoms with E-state index in [1.807, 2.05) is 19.0 Å². The first kappa shape index (κ1) is 53.2. The van der Waals surface area contributed by atoms with Crippen LogP contribution in [0.5, 0.6) is 0 Å². The molecule has 0 N–H and O–H groups in total. The topological polar surface area (TPSA) is 85.4 Å². The SMILES string of the molecule is CCCCCCCCCCCCCCCCCCOC(=O)C[C@H](OC(=O)N(C)CCCN(C)C)C(=O)OCCCCCCCCCCCCCCCCCC. The van der Waals surface area contributed by atoms with Gasteiger partial charge in [0.1, 0.15) is 0 Å². The molecule has 0 rings (SSSR count). The Morgan fingerprint density at radius 1 is 0.418 bits per heavy atom. The molecule has 8 heteroatoms. The lowest BCUT2D eigenvalue weighted by Gasteiger charge is -2.22. The molecule has 0 aliphatic heterocycles. The largest absolute Gasteiger partial charge is 0.466 e. The van der Waals surface area contributed by atoms with Gasteiger partial charge in [0.25, 0.3) is 0 Å². The lowest BCUT2D eigenvalue weighted by atomic mass is 10.0. The molecule has 8 nitrogen and oxygen atoms in total. The van der Waals surface area contributed by atoms with E-state index in [2.05, 4.69) is 13.8 Å². The Balaban J connectivity index is 4.22. The number of hydrogen-bond acceptors (Lipinski definition) is 7. The van der Waals surface area contributed by atoms with Crippen molar-refractivity contribution in [3.05, 3.63) is 0 Å². The van der Waals surface area contributed by atoms with Gasteiger partial charge < -0.3 is 24.0 Å². The van der Waals surface area contributed by atoms with Crippen LogP contribution in [-0.2, 0) is 23.8 Å². The van der Waals surface area contributed by atoms with Crippen LogP contribution in [0.25, 0.3) is 0 Å². The van der Waals surface area contributed by atoms with E-state index >= 15 is 0 Å². The molecule has 0 spiro atoms. The van der Waals surface area contributed by atoms with Gasteiger partial charge in [-0.3, -0.25) is 4.79 Å². The van der Waals surface area contributed by atoms with Gasteiger partial charge >= 0.3 is 18.0 Å². The Kier molecular flexibility index (Phi) is 40.4. The summed E-state index contributed by atoms with van der Waals surface area (Å²) in [6.45, 7) is 6.44. The quantitative estimate of drug-likeness (QED) is 0.0346. The van der Waals surface area contributed by atoms with Crippen molar-refractivity contribution < 1.29 is 28.6 Å². The third-order valence-electron chi connectivity index (χ3n) is 10.8. The van der Waals surface area contributed by atoms with E-state index in [4.69, 9.17) is 14.2 Å². The zero-order chi connectivity index (χ0) is 40.5. The van der Waals surface area contributed by atoms with Crippen LogP contribution in [0.1, 0.15) is 232 Å². The lowest BCUT2D eigenvalue weighted by molar-refractivity contribution is -0.160. The van der Waals surface area contributed by atoms with Gasteiger partial charge in [-0.25, -0.2) is 9.59 Å². The van der Waals surface area contributed by atoms with Gasteiger partial charge in [-0.05, 0) is 39.9 Å². The summed E-state index contributed by atoms with van der Waals surface area (Å²) in [5, 5.41) is 0. The van der Waals surface area contributed by atoms with Gasteiger partial charge in [0.2, 0.25) is 6.10 Å². The molecule has 1 amide bonds. The summed E-state index contributed by atoms with van der Waals surface area (Å²) in [6, 6.07) is 0. The van der Waals surface area contributed by atoms with Crippen molar-refractivity contribution in [1.29, 1.82) is 0 Å². The van der Waals surface area contributed by atoms with E-state index in [-0.39, 0.29) is 13.0 Å². The van der Waals surface area contributed by atoms with Crippen LogP contribution in [-0.4, -0.2) is 81.4 Å². The minimum absolute atomic E-state index is 0.262. The molecule has 0 saturated heterocycles. The van der Waals surface area contributed by atoms with E-state index < -0.39 is 24.1 Å². The molecular weight excluding hydrogens is 689 g/mol. The molecule has 0 fully saturated rings. The van der Waals surface area contributed by atoms with E-state index in [9.17, 15) is 14.4 Å². The maximum Gasteiger partial charge on any atom is 0.410 e. The highest BCUT2D eigenvalue weighted by atomic mass is 16.6. The second kappa shape index (κ2) is 41.8. The number of unbranched alkanes of at least 4 members (excludes halogenated alkanes) is 30. The Morgan fingerprint density at radius 3 is 1.09 bits per heavy atom. The molecule has 55 heavy (non-hydrogen) atoms. The van der Waals surface area contributed by atoms with Gasteiger partial charge in [0.15, 0.2) is 0 Å². The Labute approximate surface area is 341 Å². The molecule has 0 aliphatic carbocycles. The van der Waals surface area contributed by atoms with Crippen molar-refractivity contribution in [1.82, 2.24) is 9.80 Å². The Morgan fingerprint density at radius 2 is 0.745 bits per heavy atom. The number of carbonyl (C=O) groups excluding carboxylic acids is 3. The highest BCUT2D eigenvalue weighted by Gasteiger charge is 2.29. The fourth-order valence-electron chi connectivity index (χ4n) is 7.06. The van der Waals surface area contributed by atoms with Crippen molar-refractivity contribution in [3.63, 3.8) is 0 Å². The number of rotatable bonds is 42. The lowest BCUT2D eigenvalue weighted by Crippen LogP contribution is -2.38. The summed E-state index contributed by atoms with van der Waals surface area (Å²) in [5.41, 5.74) is 0. The monoisotopic (exact) mass is 781 g/mol. The van der Waals surface area contributed by atoms with Crippen molar-refractivity contribution in [3.8, 4) is 0 Å². The average Bonchev–Trinajstić information content (AvgIpc) is 3.16. The predicted molar refractivity (Wildman–Crippen MR) is 232 cm³/mol. The van der Waals surface area contributed by atoms with Crippen molar-refractivity contribution in [2.24, 2.45) is 0 Å². The van der Waals surface area contributed by atoms with Crippen LogP contribution in [0.15, 0.2) is 0 Å². The summed E-state index contributed by atoms with van der Waals surface area (Å²) in [4.78, 5) is 42.0. The highest BCUT2D eigenvalue weighted by molar-refractivity contribution is 5.84. The van der Waals surface area contributed by atoms with Gasteiger partial charge in [-0.15, -0.1) is 0 Å². The maximum absolute atomic E-state index is 13.0. The van der Waals surface area contributed by atoms with E-state index in [0.717, 1.165) is 51.5 Å². The molecule has 0 radical (unpaired) electrons. The number of esters is 2. The average molecular weight is 781 g/mol. The third-order valence-corrected chi connectivity index (χ3v) is 10.8. The predicted octanol–water partition coefficient (Wildman–Crippen LogP) is 13.4. The number of carbonyl (C=O) groups is 3. The molecule has 326 valence electrons. The first-order valence-electron chi connectivity index (χ1n) is 23.7. The fraction of sp³-hybridized carbons (Fsp3) is 0.936. The summed E-state index contributed by atoms with van der Waals surface area (Å²) in [7, 11) is 5.61. The minimum atomic E-state index is -1.30. The molecule has 0 saturated carbocycles. The van der Waals surface area contributed by atoms with Crippen molar-refractivity contribution in [2.45, 2.75) is 238 Å². The summed E-state index contributed by atoms with van der Waals surface area (Å²) < 4.78 is 16.5. The van der Waals surface area contributed by atoms with Crippen molar-refractivity contribution >= 4 is 18.0 Å². The van der Waals surface area contributed by atoms with Gasteiger partial charge in [0.05, 0.1) is 19.6 Å². The van der Waals surface area contributed by atoms with Gasteiger partial charge in [0, 0.05) is 13.6 Å². The third kappa shape index (κ3) is 38.8. The molecule has 0 unspecified atom stereocenters. The van der Waals surface area contributed by atoms with E-state index in [1.165, 1.54) is 172 Å². The standard InChI is InChI=1S/C47H92N2O6/c1-6-8-10-12-14-16-18-20-22-24-26-28-30-32-34-36-41-53-45(50)43-44(55-47(52)49(5)40-38-39-48(3)4)46(51)54-42-37-35-33-31-29-27-25-23-21-19-17-15-13-11-9-7-2/h44H,6-43H2,1-5H3/t44-/m0/s1. The van der Waals surface area contributed by atoms with E-state index in [1.54, 1.807) is 7.05 Å². The second-order valence-electron chi connectivity index (χ2n) is 16.6. The molecule has 0 bridgehead atoms. The molecule has 0 aliphatic rings. The Hall–Kier alpha value is -1.83. The zero-order valence-electron chi connectivity index (χ0n) is 37.3. The van der Waals surface area contributed by atoms with Crippen LogP contribution < -0.4 is 0 Å². The molecule has 0 heterocycles. The number of nitrogens with zero attached hydrogens (tertiary/aromatic N) is 2. The van der Waals surface area contributed by atoms with Crippen LogP contribution >= 0.6 is 0 Å². The summed E-state index contributed by atoms with van der Waals surface area (Å²) >= 11 is 0. The fourth-order valence-corrected chi connectivity index (χ4v) is 7.06. The van der Waals surface area contributed by atoms with Crippen LogP contribution in [0.3, 0.4) is 0 Å². The normalized spacial score (nSPS) is 11.9. The Bertz CT molecular complexity index is 853. The number of hydrogen-bond donors (Lipinski definition) is 0. The van der Waals surface area contributed by atoms with Gasteiger partial charge in [-0.2, -0.15) is 0 Å². The molecule has 1 atom stereocenters. The van der Waals surface area contributed by atoms with Gasteiger partial charge in [-0.1, -0.05) is 206 Å². The van der Waals surface area contributed by atoms with Crippen molar-refractivity contribution in [2.75, 3.05) is 47.4 Å². The smallest absolute Gasteiger partial charge is 0.410 e. The first-order chi connectivity index (χ1) is 26.8. The highest BCUT2D eigenvalue weighted by Crippen LogP contribution is 2.16. The zero-order valence-corrected chi connectivity index (χ0v) is 37.3.